The first-order valence-corrected chi connectivity index (χ1v) is 3.46. The fourth-order valence-corrected chi connectivity index (χ4v) is 0. The summed E-state index contributed by atoms with van der Waals surface area (Å²) in [5.41, 5.74) is 0. The maximum atomic E-state index is 8.74. The molecule has 0 amide bonds. The van der Waals surface area contributed by atoms with Crippen LogP contribution in [-0.4, -0.2) is 65.9 Å². The summed E-state index contributed by atoms with van der Waals surface area (Å²) in [5.74, 6) is 0. The van der Waals surface area contributed by atoms with Crippen LogP contribution < -0.4 is 0 Å². The molecule has 0 aromatic heterocycles. The zero-order valence-corrected chi connectivity index (χ0v) is 6.70. The van der Waals surface area contributed by atoms with Gasteiger partial charge in [-0.15, -0.1) is 0 Å². The third kappa shape index (κ3) is 165. The van der Waals surface area contributed by atoms with E-state index in [1.54, 1.807) is 0 Å². The summed E-state index contributed by atoms with van der Waals surface area (Å²) in [6.45, 7) is 0. The second-order valence-electron chi connectivity index (χ2n) is 0.448. The van der Waals surface area contributed by atoms with E-state index in [-0.39, 0.29) is 25.8 Å². The van der Waals surface area contributed by atoms with E-state index < -0.39 is 10.4 Å². The molecule has 0 rings (SSSR count). The topological polar surface area (TPSA) is 91.7 Å². The number of rotatable bonds is 0. The Kier molecular flexibility index (Phi) is 16.8. The zero-order valence-electron chi connectivity index (χ0n) is 3.03. The van der Waals surface area contributed by atoms with Gasteiger partial charge in [0.25, 0.3) is 0 Å². The Morgan fingerprint density at radius 1 is 1.12 bits per heavy atom. The van der Waals surface area contributed by atoms with Gasteiger partial charge in [-0.2, -0.15) is 8.42 Å². The normalized spacial score (nSPS) is 7.75. The summed E-state index contributed by atoms with van der Waals surface area (Å²) >= 11 is 0.300. The van der Waals surface area contributed by atoms with Gasteiger partial charge in [-0.3, -0.25) is 9.11 Å². The van der Waals surface area contributed by atoms with Gasteiger partial charge in [-0.25, -0.2) is 0 Å². The first-order valence-electron chi connectivity index (χ1n) is 0.903. The van der Waals surface area contributed by atoms with Crippen molar-refractivity contribution in [2.75, 3.05) is 0 Å². The second kappa shape index (κ2) is 8.34. The van der Waals surface area contributed by atoms with Gasteiger partial charge >= 0.3 is 61.8 Å². The van der Waals surface area contributed by atoms with Crippen molar-refractivity contribution in [1.29, 1.82) is 0 Å². The molecule has 0 saturated carbocycles. The van der Waals surface area contributed by atoms with Crippen LogP contribution in [0.1, 0.15) is 0 Å². The van der Waals surface area contributed by atoms with Crippen molar-refractivity contribution < 1.29 is 20.6 Å². The molecule has 8 heteroatoms. The molecule has 5 nitrogen and oxygen atoms in total. The van der Waals surface area contributed by atoms with E-state index in [0.717, 1.165) is 0 Å². The minimum atomic E-state index is -4.67. The van der Waals surface area contributed by atoms with E-state index >= 15 is 0 Å². The van der Waals surface area contributed by atoms with Gasteiger partial charge in [0.2, 0.25) is 0 Å². The van der Waals surface area contributed by atoms with E-state index in [1.807, 2.05) is 0 Å². The van der Waals surface area contributed by atoms with Gasteiger partial charge in [0.1, 0.15) is 0 Å². The first-order chi connectivity index (χ1) is 3.00. The molecule has 2 radical (unpaired) electrons. The Balaban J connectivity index is -0.0000000750. The van der Waals surface area contributed by atoms with E-state index in [4.69, 9.17) is 20.6 Å². The Hall–Kier alpha value is 1.34. The fourth-order valence-electron chi connectivity index (χ4n) is 0. The van der Waals surface area contributed by atoms with Crippen LogP contribution >= 0.6 is 0 Å². The molecular weight excluding hydrogens is 346 g/mol. The maximum absolute atomic E-state index is 8.74. The van der Waals surface area contributed by atoms with Crippen LogP contribution in [0, 0.1) is 0 Å². The van der Waals surface area contributed by atoms with Crippen LogP contribution in [0.15, 0.2) is 0 Å². The van der Waals surface area contributed by atoms with Crippen molar-refractivity contribution in [1.82, 2.24) is 0 Å². The van der Waals surface area contributed by atoms with Crippen LogP contribution in [0.3, 0.4) is 0 Å². The SMILES string of the molecule is O=S(=O)(O)O.[InH3].[O]=[Sn]. The van der Waals surface area contributed by atoms with Gasteiger partial charge < -0.3 is 0 Å². The molecule has 48 valence electrons. The molecule has 0 aliphatic heterocycles. The van der Waals surface area contributed by atoms with Crippen molar-refractivity contribution in [2.24, 2.45) is 0 Å². The Morgan fingerprint density at radius 3 is 1.12 bits per heavy atom. The van der Waals surface area contributed by atoms with Gasteiger partial charge in [0.05, 0.1) is 0 Å². The van der Waals surface area contributed by atoms with Crippen molar-refractivity contribution in [3.8, 4) is 0 Å². The number of hydrogen-bond donors (Lipinski definition) is 2. The molecule has 0 aliphatic carbocycles. The predicted molar refractivity (Wildman–Crippen MR) is 30.6 cm³/mol. The minimum absolute atomic E-state index is 0. The fraction of sp³-hybridized carbons (Fsp3) is 0. The summed E-state index contributed by atoms with van der Waals surface area (Å²) in [5, 5.41) is 0. The molecule has 0 heterocycles. The molecule has 0 saturated heterocycles. The summed E-state index contributed by atoms with van der Waals surface area (Å²) in [6, 6.07) is 0. The summed E-state index contributed by atoms with van der Waals surface area (Å²) < 4.78 is 39.9. The molecule has 0 atom stereocenters. The van der Waals surface area contributed by atoms with Crippen LogP contribution in [-0.2, 0) is 13.5 Å². The van der Waals surface area contributed by atoms with E-state index in [9.17, 15) is 0 Å². The van der Waals surface area contributed by atoms with Crippen molar-refractivity contribution >= 4 is 58.8 Å². The molecule has 8 heavy (non-hydrogen) atoms. The average Bonchev–Trinajstić information content (AvgIpc) is 1.36. The van der Waals surface area contributed by atoms with Crippen LogP contribution in [0.25, 0.3) is 0 Å². The average molecular weight is 351 g/mol. The Labute approximate surface area is 78.7 Å². The van der Waals surface area contributed by atoms with Gasteiger partial charge in [0.15, 0.2) is 0 Å². The van der Waals surface area contributed by atoms with Crippen molar-refractivity contribution in [2.45, 2.75) is 0 Å². The zero-order chi connectivity index (χ0) is 6.50. The third-order valence-electron chi connectivity index (χ3n) is 0. The Morgan fingerprint density at radius 2 is 1.12 bits per heavy atom. The molecule has 0 aromatic carbocycles. The summed E-state index contributed by atoms with van der Waals surface area (Å²) in [7, 11) is -4.67. The monoisotopic (exact) mass is 352 g/mol. The Bertz CT molecular complexity index is 106. The van der Waals surface area contributed by atoms with Gasteiger partial charge in [-0.05, 0) is 0 Å². The summed E-state index contributed by atoms with van der Waals surface area (Å²) in [6.07, 6.45) is 0. The second-order valence-corrected chi connectivity index (χ2v) is 1.34. The molecule has 0 aliphatic rings. The molecule has 0 bridgehead atoms. The standard InChI is InChI=1S/In.H2O4S.O.Sn.3H/c;1-5(2,3)4;;;;;/h;(H2,1,2,3,4);;;;;. The molecule has 0 unspecified atom stereocenters. The molecular formula is H5InO5SSn. The molecule has 2 N–H and O–H groups in total. The molecule has 0 spiro atoms. The van der Waals surface area contributed by atoms with Gasteiger partial charge in [0, 0.05) is 0 Å². The number of hydrogen-bond acceptors (Lipinski definition) is 3. The molecule has 0 fully saturated rings. The van der Waals surface area contributed by atoms with Gasteiger partial charge in [-0.1, -0.05) is 0 Å². The van der Waals surface area contributed by atoms with E-state index in [2.05, 4.69) is 0 Å². The van der Waals surface area contributed by atoms with Crippen molar-refractivity contribution in [3.05, 3.63) is 0 Å². The van der Waals surface area contributed by atoms with Crippen molar-refractivity contribution in [3.63, 3.8) is 0 Å². The molecule has 0 aromatic rings. The van der Waals surface area contributed by atoms with E-state index in [0.29, 0.717) is 22.5 Å². The first kappa shape index (κ1) is 16.2. The quantitative estimate of drug-likeness (QED) is 0.377. The van der Waals surface area contributed by atoms with Crippen LogP contribution in [0.4, 0.5) is 0 Å². The predicted octanol–water partition coefficient (Wildman–Crippen LogP) is -2.34. The summed E-state index contributed by atoms with van der Waals surface area (Å²) in [4.78, 5) is 0. The van der Waals surface area contributed by atoms with Crippen LogP contribution in [0.2, 0.25) is 0 Å². The van der Waals surface area contributed by atoms with Crippen LogP contribution in [0.5, 0.6) is 0 Å². The van der Waals surface area contributed by atoms with E-state index in [1.165, 1.54) is 0 Å². The third-order valence-corrected chi connectivity index (χ3v) is 0.